The topological polar surface area (TPSA) is 64.6 Å². The standard InChI is InChI=1S/C21H16N4O2/c1-22-17-13-14(27-21-16-8-12-26-19(16)7-9-24-21)5-6-15(17)18-3-2-4-20-23-10-11-25(18)20/h2-13,22H,1H3. The molecule has 4 heterocycles. The Bertz CT molecular complexity index is 1260. The van der Waals surface area contributed by atoms with E-state index in [0.29, 0.717) is 11.6 Å². The van der Waals surface area contributed by atoms with Gasteiger partial charge in [0.25, 0.3) is 0 Å². The fraction of sp³-hybridized carbons (Fsp3) is 0.0476. The third kappa shape index (κ3) is 2.58. The highest BCUT2D eigenvalue weighted by Gasteiger charge is 2.12. The first-order chi connectivity index (χ1) is 13.3. The molecule has 0 aliphatic heterocycles. The molecule has 1 aromatic carbocycles. The predicted octanol–water partition coefficient (Wildman–Crippen LogP) is 4.98. The molecule has 0 aliphatic rings. The fourth-order valence-electron chi connectivity index (χ4n) is 3.25. The molecule has 5 aromatic rings. The summed E-state index contributed by atoms with van der Waals surface area (Å²) in [4.78, 5) is 8.69. The highest BCUT2D eigenvalue weighted by Crippen LogP contribution is 2.34. The number of rotatable bonds is 4. The summed E-state index contributed by atoms with van der Waals surface area (Å²) in [5, 5.41) is 4.10. The van der Waals surface area contributed by atoms with Gasteiger partial charge >= 0.3 is 0 Å². The minimum atomic E-state index is 0.521. The van der Waals surface area contributed by atoms with Crippen molar-refractivity contribution in [3.8, 4) is 22.9 Å². The van der Waals surface area contributed by atoms with Gasteiger partial charge in [-0.2, -0.15) is 0 Å². The molecule has 6 nitrogen and oxygen atoms in total. The van der Waals surface area contributed by atoms with E-state index in [4.69, 9.17) is 9.15 Å². The number of aromatic nitrogens is 3. The molecule has 1 N–H and O–H groups in total. The van der Waals surface area contributed by atoms with E-state index in [2.05, 4.69) is 25.8 Å². The van der Waals surface area contributed by atoms with Crippen LogP contribution in [0, 0.1) is 0 Å². The Hall–Kier alpha value is -3.80. The molecule has 0 unspecified atom stereocenters. The van der Waals surface area contributed by atoms with Gasteiger partial charge in [-0.15, -0.1) is 0 Å². The van der Waals surface area contributed by atoms with Crippen LogP contribution in [-0.2, 0) is 0 Å². The van der Waals surface area contributed by atoms with E-state index < -0.39 is 0 Å². The van der Waals surface area contributed by atoms with Gasteiger partial charge in [-0.25, -0.2) is 9.97 Å². The van der Waals surface area contributed by atoms with Crippen LogP contribution in [0.5, 0.6) is 11.6 Å². The SMILES string of the molecule is CNc1cc(Oc2nccc3occc23)ccc1-c1cccc2nccn12. The molecule has 0 amide bonds. The van der Waals surface area contributed by atoms with E-state index in [9.17, 15) is 0 Å². The molecular weight excluding hydrogens is 340 g/mol. The van der Waals surface area contributed by atoms with Crippen molar-refractivity contribution in [2.45, 2.75) is 0 Å². The molecule has 0 spiro atoms. The average Bonchev–Trinajstić information content (AvgIpc) is 3.37. The van der Waals surface area contributed by atoms with E-state index in [1.807, 2.05) is 55.7 Å². The summed E-state index contributed by atoms with van der Waals surface area (Å²) >= 11 is 0. The Morgan fingerprint density at radius 2 is 2.00 bits per heavy atom. The lowest BCUT2D eigenvalue weighted by Crippen LogP contribution is -1.97. The van der Waals surface area contributed by atoms with Crippen molar-refractivity contribution >= 4 is 22.3 Å². The number of nitrogens with zero attached hydrogens (tertiary/aromatic N) is 3. The Kier molecular flexibility index (Phi) is 3.53. The number of ether oxygens (including phenoxy) is 1. The highest BCUT2D eigenvalue weighted by molar-refractivity contribution is 5.82. The third-order valence-corrected chi connectivity index (χ3v) is 4.52. The summed E-state index contributed by atoms with van der Waals surface area (Å²) in [6.07, 6.45) is 7.06. The van der Waals surface area contributed by atoms with E-state index in [0.717, 1.165) is 33.6 Å². The molecule has 0 aliphatic carbocycles. The molecule has 0 saturated heterocycles. The van der Waals surface area contributed by atoms with Gasteiger partial charge in [0.2, 0.25) is 5.88 Å². The Balaban J connectivity index is 1.57. The van der Waals surface area contributed by atoms with E-state index in [1.165, 1.54) is 0 Å². The highest BCUT2D eigenvalue weighted by atomic mass is 16.5. The first kappa shape index (κ1) is 15.5. The summed E-state index contributed by atoms with van der Waals surface area (Å²) in [5.41, 5.74) is 4.72. The maximum Gasteiger partial charge on any atom is 0.230 e. The molecule has 4 aromatic heterocycles. The minimum absolute atomic E-state index is 0.521. The third-order valence-electron chi connectivity index (χ3n) is 4.52. The molecule has 0 radical (unpaired) electrons. The average molecular weight is 356 g/mol. The number of hydrogen-bond acceptors (Lipinski definition) is 5. The van der Waals surface area contributed by atoms with Crippen molar-refractivity contribution in [1.82, 2.24) is 14.4 Å². The second kappa shape index (κ2) is 6.17. The number of fused-ring (bicyclic) bond motifs is 2. The zero-order valence-electron chi connectivity index (χ0n) is 14.6. The zero-order valence-corrected chi connectivity index (χ0v) is 14.6. The monoisotopic (exact) mass is 356 g/mol. The van der Waals surface area contributed by atoms with E-state index in [1.54, 1.807) is 18.7 Å². The van der Waals surface area contributed by atoms with Gasteiger partial charge in [0, 0.05) is 43.0 Å². The summed E-state index contributed by atoms with van der Waals surface area (Å²) in [7, 11) is 1.89. The van der Waals surface area contributed by atoms with Crippen LogP contribution in [0.4, 0.5) is 5.69 Å². The minimum Gasteiger partial charge on any atom is -0.464 e. The predicted molar refractivity (Wildman–Crippen MR) is 104 cm³/mol. The van der Waals surface area contributed by atoms with Crippen molar-refractivity contribution < 1.29 is 9.15 Å². The number of furan rings is 1. The first-order valence-electron chi connectivity index (χ1n) is 8.58. The Morgan fingerprint density at radius 1 is 1.04 bits per heavy atom. The molecule has 132 valence electrons. The van der Waals surface area contributed by atoms with Crippen LogP contribution in [0.1, 0.15) is 0 Å². The van der Waals surface area contributed by atoms with Gasteiger partial charge < -0.3 is 14.5 Å². The van der Waals surface area contributed by atoms with Gasteiger partial charge in [-0.1, -0.05) is 6.07 Å². The second-order valence-corrected chi connectivity index (χ2v) is 6.07. The number of pyridine rings is 2. The summed E-state index contributed by atoms with van der Waals surface area (Å²) < 4.78 is 13.5. The van der Waals surface area contributed by atoms with Gasteiger partial charge in [0.15, 0.2) is 0 Å². The van der Waals surface area contributed by atoms with Crippen LogP contribution in [0.2, 0.25) is 0 Å². The summed E-state index contributed by atoms with van der Waals surface area (Å²) in [6.45, 7) is 0. The van der Waals surface area contributed by atoms with Crippen molar-refractivity contribution in [2.75, 3.05) is 12.4 Å². The van der Waals surface area contributed by atoms with Crippen molar-refractivity contribution in [2.24, 2.45) is 0 Å². The molecule has 0 saturated carbocycles. The lowest BCUT2D eigenvalue weighted by Gasteiger charge is -2.13. The van der Waals surface area contributed by atoms with Crippen LogP contribution in [0.25, 0.3) is 27.9 Å². The normalized spacial score (nSPS) is 11.1. The largest absolute Gasteiger partial charge is 0.464 e. The number of imidazole rings is 1. The van der Waals surface area contributed by atoms with Gasteiger partial charge in [-0.3, -0.25) is 4.40 Å². The van der Waals surface area contributed by atoms with E-state index >= 15 is 0 Å². The van der Waals surface area contributed by atoms with Crippen molar-refractivity contribution in [3.63, 3.8) is 0 Å². The lowest BCUT2D eigenvalue weighted by molar-refractivity contribution is 0.469. The number of anilines is 1. The van der Waals surface area contributed by atoms with Crippen LogP contribution < -0.4 is 10.1 Å². The summed E-state index contributed by atoms with van der Waals surface area (Å²) in [6, 6.07) is 15.7. The van der Waals surface area contributed by atoms with Crippen molar-refractivity contribution in [3.05, 3.63) is 73.4 Å². The number of benzene rings is 1. The molecule has 0 bridgehead atoms. The van der Waals surface area contributed by atoms with E-state index in [-0.39, 0.29) is 0 Å². The van der Waals surface area contributed by atoms with Crippen molar-refractivity contribution in [1.29, 1.82) is 0 Å². The van der Waals surface area contributed by atoms with Crippen LogP contribution >= 0.6 is 0 Å². The number of nitrogens with one attached hydrogen (secondary N) is 1. The maximum absolute atomic E-state index is 6.03. The molecule has 5 rings (SSSR count). The number of hydrogen-bond donors (Lipinski definition) is 1. The van der Waals surface area contributed by atoms with Crippen LogP contribution in [0.15, 0.2) is 77.8 Å². The molecule has 0 fully saturated rings. The Morgan fingerprint density at radius 3 is 2.93 bits per heavy atom. The summed E-state index contributed by atoms with van der Waals surface area (Å²) in [5.74, 6) is 1.22. The van der Waals surface area contributed by atoms with Crippen LogP contribution in [0.3, 0.4) is 0 Å². The lowest BCUT2D eigenvalue weighted by atomic mass is 10.1. The maximum atomic E-state index is 6.03. The van der Waals surface area contributed by atoms with Crippen LogP contribution in [-0.4, -0.2) is 21.4 Å². The molecule has 27 heavy (non-hydrogen) atoms. The fourth-order valence-corrected chi connectivity index (χ4v) is 3.25. The quantitative estimate of drug-likeness (QED) is 0.492. The smallest absolute Gasteiger partial charge is 0.230 e. The van der Waals surface area contributed by atoms with Gasteiger partial charge in [0.1, 0.15) is 17.0 Å². The molecular formula is C21H16N4O2. The zero-order chi connectivity index (χ0) is 18.2. The Labute approximate surface area is 155 Å². The molecule has 6 heteroatoms. The first-order valence-corrected chi connectivity index (χ1v) is 8.58. The van der Waals surface area contributed by atoms with Gasteiger partial charge in [0.05, 0.1) is 17.3 Å². The second-order valence-electron chi connectivity index (χ2n) is 6.07. The van der Waals surface area contributed by atoms with Gasteiger partial charge in [-0.05, 0) is 36.4 Å². The molecule has 0 atom stereocenters.